The van der Waals surface area contributed by atoms with Crippen molar-refractivity contribution < 1.29 is 14.4 Å². The zero-order valence-electron chi connectivity index (χ0n) is 12.1. The van der Waals surface area contributed by atoms with E-state index in [9.17, 15) is 14.4 Å². The second-order valence-electron chi connectivity index (χ2n) is 5.59. The first kappa shape index (κ1) is 14.2. The van der Waals surface area contributed by atoms with Gasteiger partial charge in [0.25, 0.3) is 0 Å². The minimum Gasteiger partial charge on any atom is -0.398 e. The van der Waals surface area contributed by atoms with E-state index in [1.165, 1.54) is 0 Å². The zero-order chi connectivity index (χ0) is 16.2. The van der Waals surface area contributed by atoms with Crippen LogP contribution in [0.3, 0.4) is 0 Å². The van der Waals surface area contributed by atoms with Gasteiger partial charge < -0.3 is 15.5 Å². The second kappa shape index (κ2) is 4.80. The van der Waals surface area contributed by atoms with Crippen LogP contribution in [-0.2, 0) is 4.57 Å². The van der Waals surface area contributed by atoms with Crippen LogP contribution < -0.4 is 11.0 Å². The summed E-state index contributed by atoms with van der Waals surface area (Å²) in [4.78, 5) is 19.3. The molecule has 0 aromatic heterocycles. The predicted molar refractivity (Wildman–Crippen MR) is 95.1 cm³/mol. The van der Waals surface area contributed by atoms with Gasteiger partial charge in [0.15, 0.2) is 0 Å². The van der Waals surface area contributed by atoms with Crippen LogP contribution in [-0.4, -0.2) is 9.79 Å². The largest absolute Gasteiger partial charge is 0.398 e. The Kier molecular flexibility index (Phi) is 2.97. The highest BCUT2D eigenvalue weighted by atomic mass is 31.2. The van der Waals surface area contributed by atoms with Gasteiger partial charge in [0, 0.05) is 5.69 Å². The van der Waals surface area contributed by atoms with Gasteiger partial charge in [0.05, 0.1) is 5.30 Å². The van der Waals surface area contributed by atoms with Gasteiger partial charge in [-0.1, -0.05) is 54.6 Å². The van der Waals surface area contributed by atoms with E-state index in [1.807, 2.05) is 48.5 Å². The van der Waals surface area contributed by atoms with Gasteiger partial charge in [-0.15, -0.1) is 0 Å². The van der Waals surface area contributed by atoms with Gasteiger partial charge in [0.1, 0.15) is 0 Å². The lowest BCUT2D eigenvalue weighted by atomic mass is 9.97. The molecular formula is C18H14NO3P. The number of nitrogens with two attached hydrogens (primary N) is 1. The molecule has 0 spiro atoms. The minimum absolute atomic E-state index is 0.0925. The number of anilines is 1. The summed E-state index contributed by atoms with van der Waals surface area (Å²) in [5.41, 5.74) is 5.93. The summed E-state index contributed by atoms with van der Waals surface area (Å²) >= 11 is 0. The second-order valence-corrected chi connectivity index (χ2v) is 7.13. The highest BCUT2D eigenvalue weighted by Gasteiger charge is 2.24. The molecule has 0 aliphatic heterocycles. The Balaban J connectivity index is 2.23. The van der Waals surface area contributed by atoms with Crippen LogP contribution in [0.25, 0.3) is 32.3 Å². The third-order valence-corrected chi connectivity index (χ3v) is 5.30. The Morgan fingerprint density at radius 2 is 1.26 bits per heavy atom. The SMILES string of the molecule is Nc1ccc2c(ccc3c4ccccc4ccc23)c1P(=O)(O)O. The molecule has 23 heavy (non-hydrogen) atoms. The summed E-state index contributed by atoms with van der Waals surface area (Å²) in [6, 6.07) is 19.1. The lowest BCUT2D eigenvalue weighted by Gasteiger charge is -2.14. The summed E-state index contributed by atoms with van der Waals surface area (Å²) in [7, 11) is -4.45. The molecule has 0 bridgehead atoms. The van der Waals surface area contributed by atoms with Crippen LogP contribution in [0.1, 0.15) is 0 Å². The van der Waals surface area contributed by atoms with Crippen LogP contribution in [0.15, 0.2) is 60.7 Å². The van der Waals surface area contributed by atoms with Crippen molar-refractivity contribution in [1.29, 1.82) is 0 Å². The number of fused-ring (bicyclic) bond motifs is 5. The molecule has 0 heterocycles. The van der Waals surface area contributed by atoms with Crippen molar-refractivity contribution >= 4 is 50.9 Å². The van der Waals surface area contributed by atoms with E-state index in [1.54, 1.807) is 12.1 Å². The normalized spacial score (nSPS) is 12.3. The molecule has 0 atom stereocenters. The molecule has 4 nitrogen and oxygen atoms in total. The number of nitrogen functional groups attached to an aromatic ring is 1. The third kappa shape index (κ3) is 2.12. The average molecular weight is 323 g/mol. The number of hydrogen-bond donors (Lipinski definition) is 3. The molecule has 0 amide bonds. The van der Waals surface area contributed by atoms with Crippen molar-refractivity contribution in [2.75, 3.05) is 5.73 Å². The van der Waals surface area contributed by atoms with Gasteiger partial charge in [-0.3, -0.25) is 4.57 Å². The van der Waals surface area contributed by atoms with Crippen molar-refractivity contribution in [2.24, 2.45) is 0 Å². The molecule has 0 saturated carbocycles. The summed E-state index contributed by atoms with van der Waals surface area (Å²) in [5.74, 6) is 0. The molecule has 0 fully saturated rings. The smallest absolute Gasteiger partial charge is 0.358 e. The fourth-order valence-corrected chi connectivity index (χ4v) is 4.15. The maximum absolute atomic E-state index is 11.8. The van der Waals surface area contributed by atoms with E-state index in [-0.39, 0.29) is 11.0 Å². The molecule has 0 aliphatic carbocycles. The molecule has 4 aromatic rings. The van der Waals surface area contributed by atoms with Crippen LogP contribution in [0.2, 0.25) is 0 Å². The van der Waals surface area contributed by atoms with Crippen LogP contribution >= 0.6 is 7.60 Å². The Morgan fingerprint density at radius 3 is 2.04 bits per heavy atom. The lowest BCUT2D eigenvalue weighted by molar-refractivity contribution is 0.388. The first-order valence-electron chi connectivity index (χ1n) is 7.15. The Bertz CT molecular complexity index is 1130. The van der Waals surface area contributed by atoms with Gasteiger partial charge in [0.2, 0.25) is 0 Å². The van der Waals surface area contributed by atoms with E-state index in [0.29, 0.717) is 5.39 Å². The van der Waals surface area contributed by atoms with Gasteiger partial charge >= 0.3 is 7.60 Å². The van der Waals surface area contributed by atoms with Crippen LogP contribution in [0.5, 0.6) is 0 Å². The fourth-order valence-electron chi connectivity index (χ4n) is 3.23. The van der Waals surface area contributed by atoms with E-state index in [2.05, 4.69) is 0 Å². The summed E-state index contributed by atoms with van der Waals surface area (Å²) in [6.07, 6.45) is 0. The molecule has 0 saturated heterocycles. The maximum atomic E-state index is 11.8. The third-order valence-electron chi connectivity index (χ3n) is 4.22. The van der Waals surface area contributed by atoms with Crippen molar-refractivity contribution in [3.8, 4) is 0 Å². The molecule has 0 aliphatic rings. The highest BCUT2D eigenvalue weighted by molar-refractivity contribution is 7.61. The topological polar surface area (TPSA) is 83.6 Å². The molecule has 4 rings (SSSR count). The lowest BCUT2D eigenvalue weighted by Crippen LogP contribution is -2.11. The molecule has 0 radical (unpaired) electrons. The first-order chi connectivity index (χ1) is 11.0. The van der Waals surface area contributed by atoms with Gasteiger partial charge in [-0.25, -0.2) is 0 Å². The standard InChI is InChI=1S/C18H14NO3P/c19-17-10-9-15-14-6-5-11-3-1-2-4-12(11)13(14)7-8-16(15)18(17)23(20,21)22/h1-10H,19H2,(H2,20,21,22). The van der Waals surface area contributed by atoms with Crippen molar-refractivity contribution in [1.82, 2.24) is 0 Å². The maximum Gasteiger partial charge on any atom is 0.358 e. The quantitative estimate of drug-likeness (QED) is 0.284. The Hall–Kier alpha value is -2.39. The summed E-state index contributed by atoms with van der Waals surface area (Å²) < 4.78 is 11.8. The van der Waals surface area contributed by atoms with Crippen LogP contribution in [0, 0.1) is 0 Å². The van der Waals surface area contributed by atoms with Crippen LogP contribution in [0.4, 0.5) is 5.69 Å². The average Bonchev–Trinajstić information content (AvgIpc) is 2.52. The zero-order valence-corrected chi connectivity index (χ0v) is 13.0. The molecule has 4 N–H and O–H groups in total. The van der Waals surface area contributed by atoms with Gasteiger partial charge in [-0.2, -0.15) is 0 Å². The Labute approximate surface area is 132 Å². The monoisotopic (exact) mass is 323 g/mol. The molecular weight excluding hydrogens is 309 g/mol. The van der Waals surface area contributed by atoms with E-state index in [0.717, 1.165) is 26.9 Å². The summed E-state index contributed by atoms with van der Waals surface area (Å²) in [6.45, 7) is 0. The predicted octanol–water partition coefficient (Wildman–Crippen LogP) is 3.53. The number of rotatable bonds is 1. The molecule has 114 valence electrons. The Morgan fingerprint density at radius 1 is 0.696 bits per heavy atom. The molecule has 0 unspecified atom stereocenters. The first-order valence-corrected chi connectivity index (χ1v) is 8.77. The number of benzene rings is 4. The number of hydrogen-bond acceptors (Lipinski definition) is 2. The molecule has 5 heteroatoms. The van der Waals surface area contributed by atoms with Crippen molar-refractivity contribution in [3.05, 3.63) is 60.7 Å². The highest BCUT2D eigenvalue weighted by Crippen LogP contribution is 2.41. The van der Waals surface area contributed by atoms with Crippen molar-refractivity contribution in [2.45, 2.75) is 0 Å². The minimum atomic E-state index is -4.45. The van der Waals surface area contributed by atoms with E-state index >= 15 is 0 Å². The van der Waals surface area contributed by atoms with E-state index in [4.69, 9.17) is 5.73 Å². The van der Waals surface area contributed by atoms with E-state index < -0.39 is 7.60 Å². The van der Waals surface area contributed by atoms with Crippen molar-refractivity contribution in [3.63, 3.8) is 0 Å². The molecule has 4 aromatic carbocycles. The summed E-state index contributed by atoms with van der Waals surface area (Å²) in [5, 5.41) is 5.45. The van der Waals surface area contributed by atoms with Gasteiger partial charge in [-0.05, 0) is 38.4 Å². The fraction of sp³-hybridized carbons (Fsp3) is 0.